The number of esters is 1. The van der Waals surface area contributed by atoms with Crippen LogP contribution in [0.2, 0.25) is 0 Å². The van der Waals surface area contributed by atoms with E-state index in [1.807, 2.05) is 12.3 Å². The first-order chi connectivity index (χ1) is 13.5. The van der Waals surface area contributed by atoms with Gasteiger partial charge in [0.1, 0.15) is 6.04 Å². The molecule has 1 atom stereocenters. The molecule has 0 bridgehead atoms. The van der Waals surface area contributed by atoms with E-state index in [1.54, 1.807) is 48.0 Å². The van der Waals surface area contributed by atoms with Crippen molar-refractivity contribution in [2.75, 3.05) is 25.7 Å². The highest BCUT2D eigenvalue weighted by Crippen LogP contribution is 2.21. The van der Waals surface area contributed by atoms with E-state index in [2.05, 4.69) is 5.32 Å². The van der Waals surface area contributed by atoms with Gasteiger partial charge in [-0.25, -0.2) is 4.79 Å². The number of rotatable bonds is 9. The fraction of sp³-hybridized carbons (Fsp3) is 0.571. The van der Waals surface area contributed by atoms with Crippen molar-refractivity contribution in [3.63, 3.8) is 0 Å². The van der Waals surface area contributed by atoms with E-state index in [9.17, 15) is 14.4 Å². The number of thioether (sulfide) groups is 1. The summed E-state index contributed by atoms with van der Waals surface area (Å²) in [5.41, 5.74) is 0.484. The number of carbonyl (C=O) groups excluding carboxylic acids is 3. The Morgan fingerprint density at radius 3 is 2.50 bits per heavy atom. The number of nitrogens with one attached hydrogen (secondary N) is 1. The Morgan fingerprint density at radius 2 is 1.86 bits per heavy atom. The van der Waals surface area contributed by atoms with Gasteiger partial charge < -0.3 is 15.0 Å². The third-order valence-electron chi connectivity index (χ3n) is 5.09. The van der Waals surface area contributed by atoms with E-state index >= 15 is 0 Å². The minimum absolute atomic E-state index is 0.196. The molecule has 0 aliphatic heterocycles. The van der Waals surface area contributed by atoms with Gasteiger partial charge in [0, 0.05) is 18.7 Å². The quantitative estimate of drug-likeness (QED) is 0.638. The predicted molar refractivity (Wildman–Crippen MR) is 111 cm³/mol. The molecule has 154 valence electrons. The second-order valence-corrected chi connectivity index (χ2v) is 8.06. The zero-order valence-electron chi connectivity index (χ0n) is 16.7. The summed E-state index contributed by atoms with van der Waals surface area (Å²) in [7, 11) is 1.77. The zero-order chi connectivity index (χ0) is 20.4. The van der Waals surface area contributed by atoms with Crippen LogP contribution in [-0.4, -0.2) is 60.4 Å². The van der Waals surface area contributed by atoms with Crippen LogP contribution in [0.5, 0.6) is 0 Å². The SMILES string of the molecule is CSCC[C@H](NC(=O)c1ccccc1)C(=O)OCC(=O)N(C)C1CCCCC1. The van der Waals surface area contributed by atoms with Crippen LogP contribution in [0.15, 0.2) is 30.3 Å². The lowest BCUT2D eigenvalue weighted by molar-refractivity contribution is -0.154. The van der Waals surface area contributed by atoms with E-state index in [0.29, 0.717) is 17.7 Å². The Hall–Kier alpha value is -2.02. The van der Waals surface area contributed by atoms with Crippen LogP contribution < -0.4 is 5.32 Å². The van der Waals surface area contributed by atoms with Crippen LogP contribution in [0.4, 0.5) is 0 Å². The molecular formula is C21H30N2O4S. The fourth-order valence-electron chi connectivity index (χ4n) is 3.32. The van der Waals surface area contributed by atoms with Crippen LogP contribution >= 0.6 is 11.8 Å². The second-order valence-electron chi connectivity index (χ2n) is 7.08. The molecule has 0 heterocycles. The van der Waals surface area contributed by atoms with Crippen molar-refractivity contribution in [1.82, 2.24) is 10.2 Å². The fourth-order valence-corrected chi connectivity index (χ4v) is 3.79. The van der Waals surface area contributed by atoms with E-state index in [0.717, 1.165) is 25.7 Å². The van der Waals surface area contributed by atoms with Gasteiger partial charge in [0.15, 0.2) is 6.61 Å². The first-order valence-electron chi connectivity index (χ1n) is 9.80. The van der Waals surface area contributed by atoms with Gasteiger partial charge in [-0.05, 0) is 43.4 Å². The van der Waals surface area contributed by atoms with Crippen molar-refractivity contribution in [3.8, 4) is 0 Å². The molecule has 0 radical (unpaired) electrons. The number of hydrogen-bond acceptors (Lipinski definition) is 5. The molecule has 2 amide bonds. The summed E-state index contributed by atoms with van der Waals surface area (Å²) >= 11 is 1.58. The van der Waals surface area contributed by atoms with E-state index in [4.69, 9.17) is 4.74 Å². The molecule has 1 saturated carbocycles. The molecule has 6 nitrogen and oxygen atoms in total. The standard InChI is InChI=1S/C21H30N2O4S/c1-23(17-11-7-4-8-12-17)19(24)15-27-21(26)18(13-14-28-2)22-20(25)16-9-5-3-6-10-16/h3,5-6,9-10,17-18H,4,7-8,11-15H2,1-2H3,(H,22,25)/t18-/m0/s1. The average Bonchev–Trinajstić information content (AvgIpc) is 2.75. The highest BCUT2D eigenvalue weighted by atomic mass is 32.2. The molecule has 2 rings (SSSR count). The Morgan fingerprint density at radius 1 is 1.18 bits per heavy atom. The molecule has 28 heavy (non-hydrogen) atoms. The van der Waals surface area contributed by atoms with Gasteiger partial charge in [0.05, 0.1) is 0 Å². The largest absolute Gasteiger partial charge is 0.454 e. The normalized spacial score (nSPS) is 15.5. The summed E-state index contributed by atoms with van der Waals surface area (Å²) in [4.78, 5) is 39.0. The van der Waals surface area contributed by atoms with Crippen molar-refractivity contribution in [3.05, 3.63) is 35.9 Å². The topological polar surface area (TPSA) is 75.7 Å². The molecule has 0 unspecified atom stereocenters. The molecular weight excluding hydrogens is 376 g/mol. The van der Waals surface area contributed by atoms with Crippen LogP contribution in [0.3, 0.4) is 0 Å². The van der Waals surface area contributed by atoms with Gasteiger partial charge in [-0.2, -0.15) is 11.8 Å². The van der Waals surface area contributed by atoms with Crippen molar-refractivity contribution in [2.24, 2.45) is 0 Å². The first-order valence-corrected chi connectivity index (χ1v) is 11.2. The number of hydrogen-bond donors (Lipinski definition) is 1. The van der Waals surface area contributed by atoms with Crippen LogP contribution in [0, 0.1) is 0 Å². The number of carbonyl (C=O) groups is 3. The van der Waals surface area contributed by atoms with E-state index < -0.39 is 12.0 Å². The third-order valence-corrected chi connectivity index (χ3v) is 5.73. The summed E-state index contributed by atoms with van der Waals surface area (Å²) in [6.45, 7) is -0.289. The summed E-state index contributed by atoms with van der Waals surface area (Å²) < 4.78 is 5.26. The van der Waals surface area contributed by atoms with Crippen LogP contribution in [0.1, 0.15) is 48.9 Å². The molecule has 1 aliphatic carbocycles. The molecule has 1 fully saturated rings. The van der Waals surface area contributed by atoms with Crippen molar-refractivity contribution in [2.45, 2.75) is 50.6 Å². The number of likely N-dealkylation sites (N-methyl/N-ethyl adjacent to an activating group) is 1. The summed E-state index contributed by atoms with van der Waals surface area (Å²) in [5, 5.41) is 2.73. The summed E-state index contributed by atoms with van der Waals surface area (Å²) in [6, 6.07) is 8.19. The molecule has 0 aromatic heterocycles. The molecule has 7 heteroatoms. The van der Waals surface area contributed by atoms with Gasteiger partial charge >= 0.3 is 5.97 Å². The molecule has 1 N–H and O–H groups in total. The van der Waals surface area contributed by atoms with E-state index in [1.165, 1.54) is 6.42 Å². The van der Waals surface area contributed by atoms with E-state index in [-0.39, 0.29) is 24.5 Å². The highest BCUT2D eigenvalue weighted by Gasteiger charge is 2.26. The molecule has 0 spiro atoms. The smallest absolute Gasteiger partial charge is 0.329 e. The monoisotopic (exact) mass is 406 g/mol. The Labute approximate surface area is 171 Å². The lowest BCUT2D eigenvalue weighted by Crippen LogP contribution is -2.44. The molecule has 1 aromatic carbocycles. The Kier molecular flexibility index (Phi) is 9.34. The van der Waals surface area contributed by atoms with Crippen LogP contribution in [0.25, 0.3) is 0 Å². The number of nitrogens with zero attached hydrogens (tertiary/aromatic N) is 1. The molecule has 1 aliphatic rings. The maximum atomic E-state index is 12.5. The minimum Gasteiger partial charge on any atom is -0.454 e. The summed E-state index contributed by atoms with van der Waals surface area (Å²) in [6.07, 6.45) is 7.86. The average molecular weight is 407 g/mol. The maximum Gasteiger partial charge on any atom is 0.329 e. The molecule has 1 aromatic rings. The zero-order valence-corrected chi connectivity index (χ0v) is 17.5. The van der Waals surface area contributed by atoms with Gasteiger partial charge in [0.2, 0.25) is 0 Å². The van der Waals surface area contributed by atoms with Gasteiger partial charge in [0.25, 0.3) is 11.8 Å². The van der Waals surface area contributed by atoms with Gasteiger partial charge in [-0.15, -0.1) is 0 Å². The van der Waals surface area contributed by atoms with Gasteiger partial charge in [-0.3, -0.25) is 9.59 Å². The first kappa shape index (κ1) is 22.3. The van der Waals surface area contributed by atoms with Crippen molar-refractivity contribution >= 4 is 29.5 Å². The van der Waals surface area contributed by atoms with Gasteiger partial charge in [-0.1, -0.05) is 37.5 Å². The lowest BCUT2D eigenvalue weighted by atomic mass is 9.94. The van der Waals surface area contributed by atoms with Crippen molar-refractivity contribution in [1.29, 1.82) is 0 Å². The van der Waals surface area contributed by atoms with Crippen LogP contribution in [-0.2, 0) is 14.3 Å². The van der Waals surface area contributed by atoms with Crippen molar-refractivity contribution < 1.29 is 19.1 Å². The molecule has 0 saturated heterocycles. The minimum atomic E-state index is -0.770. The summed E-state index contributed by atoms with van der Waals surface area (Å²) in [5.74, 6) is -0.388. The number of benzene rings is 1. The Balaban J connectivity index is 1.88. The maximum absolute atomic E-state index is 12.5. The Bertz CT molecular complexity index is 647. The third kappa shape index (κ3) is 6.86. The second kappa shape index (κ2) is 11.7. The highest BCUT2D eigenvalue weighted by molar-refractivity contribution is 7.98. The lowest BCUT2D eigenvalue weighted by Gasteiger charge is -2.31. The number of ether oxygens (including phenoxy) is 1. The predicted octanol–water partition coefficient (Wildman–Crippen LogP) is 2.87. The number of amides is 2.